The molecule has 4 atom stereocenters. The first-order valence-electron chi connectivity index (χ1n) is 12.3. The number of aromatic nitrogens is 4. The summed E-state index contributed by atoms with van der Waals surface area (Å²) in [5.74, 6) is 4.73. The first-order valence-corrected chi connectivity index (χ1v) is 13.1. The Morgan fingerprint density at radius 2 is 1.82 bits per heavy atom. The summed E-state index contributed by atoms with van der Waals surface area (Å²) in [6, 6.07) is 2.20. The highest BCUT2D eigenvalue weighted by molar-refractivity contribution is 7.16. The Kier molecular flexibility index (Phi) is 5.12. The second kappa shape index (κ2) is 8.04. The predicted octanol–water partition coefficient (Wildman–Crippen LogP) is 5.28. The quantitative estimate of drug-likeness (QED) is 0.435. The molecule has 3 aliphatic rings. The summed E-state index contributed by atoms with van der Waals surface area (Å²) in [7, 11) is 0. The van der Waals surface area contributed by atoms with Crippen LogP contribution in [0, 0.1) is 0 Å². The van der Waals surface area contributed by atoms with Crippen LogP contribution in [0.4, 0.5) is 16.7 Å². The van der Waals surface area contributed by atoms with E-state index in [1.54, 1.807) is 11.3 Å². The van der Waals surface area contributed by atoms with Crippen molar-refractivity contribution in [1.82, 2.24) is 19.7 Å². The van der Waals surface area contributed by atoms with E-state index in [0.717, 1.165) is 68.0 Å². The molecule has 6 heterocycles. The van der Waals surface area contributed by atoms with Crippen molar-refractivity contribution >= 4 is 28.0 Å². The molecule has 0 spiro atoms. The lowest BCUT2D eigenvalue weighted by Crippen LogP contribution is -2.11. The Balaban J connectivity index is 1.13. The van der Waals surface area contributed by atoms with E-state index in [-0.39, 0.29) is 5.92 Å². The third-order valence-corrected chi connectivity index (χ3v) is 8.59. The Morgan fingerprint density at radius 3 is 2.64 bits per heavy atom. The maximum Gasteiger partial charge on any atom is 0.217 e. The van der Waals surface area contributed by atoms with Crippen LogP contribution in [-0.2, 0) is 6.54 Å². The number of rotatable bonds is 7. The second-order valence-corrected chi connectivity index (χ2v) is 11.3. The zero-order chi connectivity index (χ0) is 22.7. The van der Waals surface area contributed by atoms with Crippen molar-refractivity contribution in [1.29, 1.82) is 0 Å². The number of anilines is 3. The molecule has 3 aromatic heterocycles. The minimum Gasteiger partial charge on any atom is -0.425 e. The van der Waals surface area contributed by atoms with Gasteiger partial charge in [-0.05, 0) is 12.8 Å². The molecule has 3 aliphatic heterocycles. The van der Waals surface area contributed by atoms with Crippen LogP contribution in [0.2, 0.25) is 0 Å². The Labute approximate surface area is 198 Å². The van der Waals surface area contributed by atoms with Gasteiger partial charge in [-0.25, -0.2) is 14.6 Å². The highest BCUT2D eigenvalue weighted by atomic mass is 32.1. The molecule has 3 N–H and O–H groups in total. The molecule has 0 fully saturated rings. The van der Waals surface area contributed by atoms with E-state index in [0.29, 0.717) is 23.7 Å². The van der Waals surface area contributed by atoms with Gasteiger partial charge in [0.1, 0.15) is 16.5 Å². The topological polar surface area (TPSA) is 92.8 Å². The minimum absolute atomic E-state index is 0.250. The molecular weight excluding hydrogens is 434 g/mol. The zero-order valence-corrected chi connectivity index (χ0v) is 20.6. The zero-order valence-electron chi connectivity index (χ0n) is 19.8. The van der Waals surface area contributed by atoms with E-state index in [1.807, 2.05) is 0 Å². The molecular formula is C24H33N7OS. The standard InChI is InChI=1S/C24H33N7OS/c1-12(2)23-29-20-16(11-27-24(20)33-23)8-14(4)21-28-19-15(10-26-22(19)32-21)7-13(3)17-9-18-25-5-6-31(18)30-17/h9,12-16,25-27H,5-8,10-11H2,1-4H3. The van der Waals surface area contributed by atoms with Gasteiger partial charge in [0.05, 0.1) is 22.9 Å². The molecule has 176 valence electrons. The van der Waals surface area contributed by atoms with Crippen LogP contribution < -0.4 is 16.0 Å². The summed E-state index contributed by atoms with van der Waals surface area (Å²) < 4.78 is 8.29. The summed E-state index contributed by atoms with van der Waals surface area (Å²) in [5, 5.41) is 17.7. The van der Waals surface area contributed by atoms with Crippen LogP contribution in [0.15, 0.2) is 10.5 Å². The summed E-state index contributed by atoms with van der Waals surface area (Å²) in [6.07, 6.45) is 2.01. The number of nitrogens with zero attached hydrogens (tertiary/aromatic N) is 4. The summed E-state index contributed by atoms with van der Waals surface area (Å²) >= 11 is 1.81. The average molecular weight is 468 g/mol. The van der Waals surface area contributed by atoms with Gasteiger partial charge in [0.25, 0.3) is 0 Å². The van der Waals surface area contributed by atoms with Crippen LogP contribution in [0.1, 0.15) is 98.1 Å². The maximum atomic E-state index is 6.21. The first-order chi connectivity index (χ1) is 16.0. The van der Waals surface area contributed by atoms with E-state index in [2.05, 4.69) is 54.4 Å². The van der Waals surface area contributed by atoms with Crippen LogP contribution in [0.3, 0.4) is 0 Å². The largest absolute Gasteiger partial charge is 0.425 e. The van der Waals surface area contributed by atoms with Gasteiger partial charge in [-0.2, -0.15) is 5.10 Å². The fourth-order valence-electron chi connectivity index (χ4n) is 5.33. The number of hydrogen-bond donors (Lipinski definition) is 3. The van der Waals surface area contributed by atoms with Crippen LogP contribution in [0.5, 0.6) is 0 Å². The van der Waals surface area contributed by atoms with E-state index in [4.69, 9.17) is 19.5 Å². The van der Waals surface area contributed by atoms with Crippen molar-refractivity contribution in [3.05, 3.63) is 34.0 Å². The van der Waals surface area contributed by atoms with Crippen molar-refractivity contribution in [2.75, 3.05) is 35.6 Å². The normalized spacial score (nSPS) is 22.5. The number of oxazole rings is 1. The van der Waals surface area contributed by atoms with Crippen LogP contribution in [-0.4, -0.2) is 39.4 Å². The lowest BCUT2D eigenvalue weighted by molar-refractivity contribution is 0.435. The highest BCUT2D eigenvalue weighted by Gasteiger charge is 2.34. The van der Waals surface area contributed by atoms with Crippen molar-refractivity contribution in [2.45, 2.75) is 76.7 Å². The van der Waals surface area contributed by atoms with Gasteiger partial charge < -0.3 is 20.4 Å². The van der Waals surface area contributed by atoms with Crippen molar-refractivity contribution < 1.29 is 4.42 Å². The molecule has 0 bridgehead atoms. The average Bonchev–Trinajstić information content (AvgIpc) is 3.57. The molecule has 0 saturated heterocycles. The molecule has 0 aromatic carbocycles. The first kappa shape index (κ1) is 21.0. The van der Waals surface area contributed by atoms with Crippen molar-refractivity contribution in [2.24, 2.45) is 0 Å². The lowest BCUT2D eigenvalue weighted by atomic mass is 9.92. The lowest BCUT2D eigenvalue weighted by Gasteiger charge is -2.15. The Hall–Kier alpha value is -2.55. The van der Waals surface area contributed by atoms with Gasteiger partial charge in [-0.15, -0.1) is 11.3 Å². The fraction of sp³-hybridized carbons (Fsp3) is 0.625. The molecule has 0 aliphatic carbocycles. The number of fused-ring (bicyclic) bond motifs is 3. The van der Waals surface area contributed by atoms with Crippen LogP contribution in [0.25, 0.3) is 0 Å². The molecule has 9 heteroatoms. The molecule has 0 radical (unpaired) electrons. The van der Waals surface area contributed by atoms with E-state index >= 15 is 0 Å². The number of nitrogens with one attached hydrogen (secondary N) is 3. The van der Waals surface area contributed by atoms with E-state index in [1.165, 1.54) is 15.7 Å². The molecule has 6 rings (SSSR count). The van der Waals surface area contributed by atoms with E-state index in [9.17, 15) is 0 Å². The Morgan fingerprint density at radius 1 is 1.03 bits per heavy atom. The second-order valence-electron chi connectivity index (χ2n) is 10.2. The summed E-state index contributed by atoms with van der Waals surface area (Å²) in [6.45, 7) is 12.7. The third-order valence-electron chi connectivity index (χ3n) is 7.26. The molecule has 4 unspecified atom stereocenters. The smallest absolute Gasteiger partial charge is 0.217 e. The molecule has 33 heavy (non-hydrogen) atoms. The van der Waals surface area contributed by atoms with Gasteiger partial charge in [0.2, 0.25) is 5.88 Å². The third kappa shape index (κ3) is 3.70. The van der Waals surface area contributed by atoms with Gasteiger partial charge in [0.15, 0.2) is 5.89 Å². The Bertz CT molecular complexity index is 1140. The predicted molar refractivity (Wildman–Crippen MR) is 132 cm³/mol. The SMILES string of the molecule is CC(C)c1nc2c(s1)NCC2CC(C)c1nc2c(o1)NCC2CC(C)c1cc2n(n1)CCN2. The minimum atomic E-state index is 0.250. The molecule has 0 saturated carbocycles. The molecule has 3 aromatic rings. The van der Waals surface area contributed by atoms with E-state index < -0.39 is 0 Å². The fourth-order valence-corrected chi connectivity index (χ4v) is 6.39. The van der Waals surface area contributed by atoms with Gasteiger partial charge in [-0.3, -0.25) is 0 Å². The summed E-state index contributed by atoms with van der Waals surface area (Å²) in [4.78, 5) is 9.94. The monoisotopic (exact) mass is 467 g/mol. The van der Waals surface area contributed by atoms with Gasteiger partial charge in [-0.1, -0.05) is 27.7 Å². The van der Waals surface area contributed by atoms with Crippen LogP contribution >= 0.6 is 11.3 Å². The van der Waals surface area contributed by atoms with Gasteiger partial charge in [0, 0.05) is 55.3 Å². The number of thiazole rings is 1. The highest BCUT2D eigenvalue weighted by Crippen LogP contribution is 2.44. The number of hydrogen-bond acceptors (Lipinski definition) is 8. The van der Waals surface area contributed by atoms with Gasteiger partial charge >= 0.3 is 0 Å². The van der Waals surface area contributed by atoms with Crippen molar-refractivity contribution in [3.8, 4) is 0 Å². The molecule has 0 amide bonds. The molecule has 8 nitrogen and oxygen atoms in total. The summed E-state index contributed by atoms with van der Waals surface area (Å²) in [5.41, 5.74) is 3.49. The maximum absolute atomic E-state index is 6.21. The van der Waals surface area contributed by atoms with Crippen molar-refractivity contribution in [3.63, 3.8) is 0 Å².